The van der Waals surface area contributed by atoms with Gasteiger partial charge in [-0.2, -0.15) is 0 Å². The average molecular weight is 278 g/mol. The first kappa shape index (κ1) is 13.5. The topological polar surface area (TPSA) is 71.2 Å². The van der Waals surface area contributed by atoms with Gasteiger partial charge in [0, 0.05) is 19.5 Å². The van der Waals surface area contributed by atoms with Crippen LogP contribution in [0.15, 0.2) is 6.20 Å². The molecule has 110 valence electrons. The second-order valence-corrected chi connectivity index (χ2v) is 5.99. The molecule has 2 heterocycles. The molecule has 1 aromatic rings. The number of aliphatic hydroxyl groups excluding tert-OH is 1. The first-order valence-electron chi connectivity index (χ1n) is 7.55. The number of rotatable bonds is 5. The molecule has 6 heteroatoms. The molecule has 1 amide bonds. The number of carbonyl (C=O) groups excluding carboxylic acids is 1. The molecule has 0 bridgehead atoms. The van der Waals surface area contributed by atoms with E-state index in [4.69, 9.17) is 5.11 Å². The Bertz CT molecular complexity index is 461. The summed E-state index contributed by atoms with van der Waals surface area (Å²) in [5.41, 5.74) is 0.580. The molecule has 1 aliphatic heterocycles. The standard InChI is InChI=1S/C14H22N4O2/c19-10-12-7-18(16-15-12)13-8-17(9-13)14(20)6-5-11-3-1-2-4-11/h7,11,13,19H,1-6,8-10H2. The Kier molecular flexibility index (Phi) is 4.00. The maximum Gasteiger partial charge on any atom is 0.222 e. The Morgan fingerprint density at radius 3 is 2.75 bits per heavy atom. The Hall–Kier alpha value is -1.43. The van der Waals surface area contributed by atoms with Gasteiger partial charge in [0.2, 0.25) is 5.91 Å². The van der Waals surface area contributed by atoms with Gasteiger partial charge in [0.1, 0.15) is 5.69 Å². The normalized spacial score (nSPS) is 20.4. The number of aromatic nitrogens is 3. The van der Waals surface area contributed by atoms with Crippen molar-refractivity contribution in [1.82, 2.24) is 19.9 Å². The van der Waals surface area contributed by atoms with E-state index in [0.29, 0.717) is 12.1 Å². The van der Waals surface area contributed by atoms with Crippen LogP contribution in [-0.2, 0) is 11.4 Å². The van der Waals surface area contributed by atoms with Gasteiger partial charge in [-0.05, 0) is 12.3 Å². The first-order chi connectivity index (χ1) is 9.76. The third kappa shape index (κ3) is 2.85. The summed E-state index contributed by atoms with van der Waals surface area (Å²) in [4.78, 5) is 14.0. The second kappa shape index (κ2) is 5.91. The third-order valence-electron chi connectivity index (χ3n) is 4.55. The van der Waals surface area contributed by atoms with Gasteiger partial charge in [-0.3, -0.25) is 4.79 Å². The molecule has 6 nitrogen and oxygen atoms in total. The van der Waals surface area contributed by atoms with Crippen molar-refractivity contribution >= 4 is 5.91 Å². The van der Waals surface area contributed by atoms with Crippen LogP contribution in [0.25, 0.3) is 0 Å². The van der Waals surface area contributed by atoms with Crippen molar-refractivity contribution in [3.8, 4) is 0 Å². The summed E-state index contributed by atoms with van der Waals surface area (Å²) in [6.07, 6.45) is 8.78. The van der Waals surface area contributed by atoms with Gasteiger partial charge in [-0.15, -0.1) is 5.10 Å². The number of likely N-dealkylation sites (tertiary alicyclic amines) is 1. The van der Waals surface area contributed by atoms with E-state index in [1.54, 1.807) is 10.9 Å². The maximum absolute atomic E-state index is 12.1. The lowest BCUT2D eigenvalue weighted by atomic mass is 10.00. The highest BCUT2D eigenvalue weighted by molar-refractivity contribution is 5.77. The third-order valence-corrected chi connectivity index (χ3v) is 4.55. The van der Waals surface area contributed by atoms with Crippen LogP contribution in [0.2, 0.25) is 0 Å². The van der Waals surface area contributed by atoms with Crippen molar-refractivity contribution in [2.24, 2.45) is 5.92 Å². The lowest BCUT2D eigenvalue weighted by Crippen LogP contribution is -2.50. The molecular weight excluding hydrogens is 256 g/mol. The molecule has 3 rings (SSSR count). The Balaban J connectivity index is 1.41. The molecule has 20 heavy (non-hydrogen) atoms. The SMILES string of the molecule is O=C(CCC1CCCC1)N1CC(n2cc(CO)nn2)C1. The average Bonchev–Trinajstić information content (AvgIpc) is 3.06. The lowest BCUT2D eigenvalue weighted by Gasteiger charge is -2.39. The van der Waals surface area contributed by atoms with E-state index in [9.17, 15) is 4.79 Å². The van der Waals surface area contributed by atoms with Gasteiger partial charge in [-0.1, -0.05) is 30.9 Å². The van der Waals surface area contributed by atoms with Crippen LogP contribution in [0.4, 0.5) is 0 Å². The Morgan fingerprint density at radius 2 is 2.10 bits per heavy atom. The monoisotopic (exact) mass is 278 g/mol. The number of amides is 1. The summed E-state index contributed by atoms with van der Waals surface area (Å²) in [5, 5.41) is 16.8. The summed E-state index contributed by atoms with van der Waals surface area (Å²) in [6, 6.07) is 0.221. The van der Waals surface area contributed by atoms with Crippen molar-refractivity contribution < 1.29 is 9.90 Å². The summed E-state index contributed by atoms with van der Waals surface area (Å²) in [5.74, 6) is 1.05. The number of hydrogen-bond acceptors (Lipinski definition) is 4. The molecule has 0 radical (unpaired) electrons. The van der Waals surface area contributed by atoms with Crippen molar-refractivity contribution in [1.29, 1.82) is 0 Å². The second-order valence-electron chi connectivity index (χ2n) is 5.99. The van der Waals surface area contributed by atoms with Crippen LogP contribution in [-0.4, -0.2) is 44.0 Å². The van der Waals surface area contributed by atoms with Gasteiger partial charge in [0.15, 0.2) is 0 Å². The summed E-state index contributed by atoms with van der Waals surface area (Å²) < 4.78 is 1.76. The number of hydrogen-bond donors (Lipinski definition) is 1. The predicted octanol–water partition coefficient (Wildman–Crippen LogP) is 1.12. The van der Waals surface area contributed by atoms with Crippen LogP contribution in [0, 0.1) is 5.92 Å². The van der Waals surface area contributed by atoms with Gasteiger partial charge < -0.3 is 10.0 Å². The fourth-order valence-corrected chi connectivity index (χ4v) is 3.18. The zero-order valence-electron chi connectivity index (χ0n) is 11.7. The molecule has 0 atom stereocenters. The van der Waals surface area contributed by atoms with Gasteiger partial charge in [-0.25, -0.2) is 4.68 Å². The van der Waals surface area contributed by atoms with Gasteiger partial charge in [0.25, 0.3) is 0 Å². The Labute approximate surface area is 118 Å². The lowest BCUT2D eigenvalue weighted by molar-refractivity contribution is -0.137. The highest BCUT2D eigenvalue weighted by Gasteiger charge is 2.32. The van der Waals surface area contributed by atoms with Gasteiger partial charge in [0.05, 0.1) is 18.8 Å². The molecule has 0 aromatic carbocycles. The van der Waals surface area contributed by atoms with Crippen LogP contribution in [0.5, 0.6) is 0 Å². The minimum absolute atomic E-state index is 0.0866. The highest BCUT2D eigenvalue weighted by Crippen LogP contribution is 2.29. The molecule has 2 aliphatic rings. The highest BCUT2D eigenvalue weighted by atomic mass is 16.3. The molecule has 1 N–H and O–H groups in total. The molecule has 1 saturated heterocycles. The van der Waals surface area contributed by atoms with E-state index in [1.165, 1.54) is 25.7 Å². The van der Waals surface area contributed by atoms with Gasteiger partial charge >= 0.3 is 0 Å². The molecule has 1 saturated carbocycles. The minimum atomic E-state index is -0.0866. The number of aliphatic hydroxyl groups is 1. The van der Waals surface area contributed by atoms with E-state index in [-0.39, 0.29) is 18.6 Å². The summed E-state index contributed by atoms with van der Waals surface area (Å²) >= 11 is 0. The smallest absolute Gasteiger partial charge is 0.222 e. The van der Waals surface area contributed by atoms with Crippen molar-refractivity contribution in [2.75, 3.05) is 13.1 Å². The number of carbonyl (C=O) groups is 1. The molecule has 0 spiro atoms. The van der Waals surface area contributed by atoms with Crippen molar-refractivity contribution in [2.45, 2.75) is 51.2 Å². The predicted molar refractivity (Wildman–Crippen MR) is 72.8 cm³/mol. The molecular formula is C14H22N4O2. The van der Waals surface area contributed by atoms with E-state index in [2.05, 4.69) is 10.3 Å². The van der Waals surface area contributed by atoms with E-state index in [1.807, 2.05) is 4.90 Å². The first-order valence-corrected chi connectivity index (χ1v) is 7.55. The van der Waals surface area contributed by atoms with E-state index < -0.39 is 0 Å². The summed E-state index contributed by atoms with van der Waals surface area (Å²) in [7, 11) is 0. The van der Waals surface area contributed by atoms with Crippen molar-refractivity contribution in [3.05, 3.63) is 11.9 Å². The molecule has 0 unspecified atom stereocenters. The Morgan fingerprint density at radius 1 is 1.35 bits per heavy atom. The zero-order chi connectivity index (χ0) is 13.9. The molecule has 1 aromatic heterocycles. The fraction of sp³-hybridized carbons (Fsp3) is 0.786. The maximum atomic E-state index is 12.1. The number of nitrogens with zero attached hydrogens (tertiary/aromatic N) is 4. The van der Waals surface area contributed by atoms with Crippen LogP contribution in [0.1, 0.15) is 50.3 Å². The quantitative estimate of drug-likeness (QED) is 0.876. The molecule has 1 aliphatic carbocycles. The van der Waals surface area contributed by atoms with Crippen LogP contribution < -0.4 is 0 Å². The van der Waals surface area contributed by atoms with Crippen LogP contribution >= 0.6 is 0 Å². The van der Waals surface area contributed by atoms with E-state index in [0.717, 1.165) is 25.4 Å². The minimum Gasteiger partial charge on any atom is -0.390 e. The fourth-order valence-electron chi connectivity index (χ4n) is 3.18. The summed E-state index contributed by atoms with van der Waals surface area (Å²) in [6.45, 7) is 1.35. The van der Waals surface area contributed by atoms with E-state index >= 15 is 0 Å². The van der Waals surface area contributed by atoms with Crippen molar-refractivity contribution in [3.63, 3.8) is 0 Å². The largest absolute Gasteiger partial charge is 0.390 e. The van der Waals surface area contributed by atoms with Crippen LogP contribution in [0.3, 0.4) is 0 Å². The molecule has 2 fully saturated rings. The zero-order valence-corrected chi connectivity index (χ0v) is 11.7.